The van der Waals surface area contributed by atoms with Crippen LogP contribution >= 0.6 is 0 Å². The summed E-state index contributed by atoms with van der Waals surface area (Å²) in [4.78, 5) is 29.1. The van der Waals surface area contributed by atoms with Gasteiger partial charge in [-0.2, -0.15) is 0 Å². The molecule has 0 unspecified atom stereocenters. The predicted molar refractivity (Wildman–Crippen MR) is 85.5 cm³/mol. The average molecular weight is 300 g/mol. The van der Waals surface area contributed by atoms with Crippen molar-refractivity contribution in [3.05, 3.63) is 35.4 Å². The number of aryl methyl sites for hydroxylation is 1. The Labute approximate surface area is 132 Å². The molecule has 1 fully saturated rings. The van der Waals surface area contributed by atoms with Gasteiger partial charge in [0.1, 0.15) is 0 Å². The number of benzene rings is 1. The Morgan fingerprint density at radius 2 is 2.00 bits per heavy atom. The monoisotopic (exact) mass is 300 g/mol. The summed E-state index contributed by atoms with van der Waals surface area (Å²) in [5.41, 5.74) is 1.72. The zero-order valence-electron chi connectivity index (χ0n) is 13.6. The van der Waals surface area contributed by atoms with E-state index < -0.39 is 5.41 Å². The molecule has 22 heavy (non-hydrogen) atoms. The van der Waals surface area contributed by atoms with Gasteiger partial charge in [0.2, 0.25) is 11.8 Å². The Kier molecular flexibility index (Phi) is 3.81. The first kappa shape index (κ1) is 15.2. The molecule has 1 aromatic carbocycles. The topological polar surface area (TPSA) is 40.6 Å². The van der Waals surface area contributed by atoms with Crippen LogP contribution in [0.4, 0.5) is 0 Å². The Morgan fingerprint density at radius 1 is 1.27 bits per heavy atom. The molecule has 1 spiro atoms. The Bertz CT molecular complexity index is 611. The highest BCUT2D eigenvalue weighted by Crippen LogP contribution is 2.45. The van der Waals surface area contributed by atoms with Crippen LogP contribution in [0.1, 0.15) is 37.3 Å². The largest absolute Gasteiger partial charge is 0.305 e. The van der Waals surface area contributed by atoms with E-state index in [0.717, 1.165) is 24.8 Å². The van der Waals surface area contributed by atoms with Crippen LogP contribution in [-0.2, 0) is 21.4 Å². The van der Waals surface area contributed by atoms with Crippen LogP contribution in [0.15, 0.2) is 24.3 Å². The quantitative estimate of drug-likeness (QED) is 0.801. The summed E-state index contributed by atoms with van der Waals surface area (Å²) in [5, 5.41) is 0. The van der Waals surface area contributed by atoms with Crippen LogP contribution in [0, 0.1) is 0 Å². The molecular formula is C18H24N2O2. The van der Waals surface area contributed by atoms with E-state index in [1.165, 1.54) is 10.5 Å². The lowest BCUT2D eigenvalue weighted by Crippen LogP contribution is -2.45. The summed E-state index contributed by atoms with van der Waals surface area (Å²) < 4.78 is 0. The van der Waals surface area contributed by atoms with Gasteiger partial charge < -0.3 is 4.90 Å². The van der Waals surface area contributed by atoms with Crippen LogP contribution in [0.3, 0.4) is 0 Å². The summed E-state index contributed by atoms with van der Waals surface area (Å²) in [6.45, 7) is 2.52. The Balaban J connectivity index is 1.94. The predicted octanol–water partition coefficient (Wildman–Crippen LogP) is 1.97. The van der Waals surface area contributed by atoms with Crippen molar-refractivity contribution in [2.24, 2.45) is 0 Å². The minimum absolute atomic E-state index is 0.0124. The SMILES string of the molecule is C[C@@H](CN1C(=O)C[C@]2(CCCc3ccccc32)C1=O)N(C)C. The van der Waals surface area contributed by atoms with Gasteiger partial charge in [-0.25, -0.2) is 0 Å². The van der Waals surface area contributed by atoms with Crippen molar-refractivity contribution in [1.82, 2.24) is 9.80 Å². The first-order chi connectivity index (χ1) is 10.5. The molecule has 3 rings (SSSR count). The maximum atomic E-state index is 13.1. The minimum atomic E-state index is -0.599. The first-order valence-electron chi connectivity index (χ1n) is 8.05. The van der Waals surface area contributed by atoms with E-state index in [1.807, 2.05) is 44.1 Å². The van der Waals surface area contributed by atoms with E-state index in [1.54, 1.807) is 0 Å². The van der Waals surface area contributed by atoms with Crippen LogP contribution in [0.2, 0.25) is 0 Å². The Hall–Kier alpha value is -1.68. The van der Waals surface area contributed by atoms with Gasteiger partial charge in [0, 0.05) is 19.0 Å². The number of imide groups is 1. The van der Waals surface area contributed by atoms with Crippen molar-refractivity contribution in [2.45, 2.75) is 44.1 Å². The molecule has 0 radical (unpaired) electrons. The highest BCUT2D eigenvalue weighted by atomic mass is 16.2. The van der Waals surface area contributed by atoms with Gasteiger partial charge in [-0.15, -0.1) is 0 Å². The third kappa shape index (κ3) is 2.26. The molecule has 118 valence electrons. The summed E-state index contributed by atoms with van der Waals surface area (Å²) in [7, 11) is 3.95. The first-order valence-corrected chi connectivity index (χ1v) is 8.05. The molecule has 1 aliphatic heterocycles. The molecule has 4 heteroatoms. The lowest BCUT2D eigenvalue weighted by Gasteiger charge is -2.34. The van der Waals surface area contributed by atoms with E-state index in [4.69, 9.17) is 0 Å². The number of likely N-dealkylation sites (N-methyl/N-ethyl adjacent to an activating group) is 1. The number of amides is 2. The molecule has 0 aromatic heterocycles. The fraction of sp³-hybridized carbons (Fsp3) is 0.556. The number of rotatable bonds is 3. The second-order valence-corrected chi connectivity index (χ2v) is 6.89. The minimum Gasteiger partial charge on any atom is -0.305 e. The number of hydrogen-bond donors (Lipinski definition) is 0. The lowest BCUT2D eigenvalue weighted by molar-refractivity contribution is -0.140. The molecule has 2 aliphatic rings. The second-order valence-electron chi connectivity index (χ2n) is 6.89. The van der Waals surface area contributed by atoms with Gasteiger partial charge in [0.15, 0.2) is 0 Å². The maximum absolute atomic E-state index is 13.1. The fourth-order valence-electron chi connectivity index (χ4n) is 3.74. The standard InChI is InChI=1S/C18H24N2O2/c1-13(19(2)3)12-20-16(21)11-18(17(20)22)10-6-8-14-7-4-5-9-15(14)18/h4-5,7,9,13H,6,8,10-12H2,1-3H3/t13-,18-/m0/s1. The molecule has 4 nitrogen and oxygen atoms in total. The molecule has 2 amide bonds. The maximum Gasteiger partial charge on any atom is 0.240 e. The number of hydrogen-bond acceptors (Lipinski definition) is 3. The van der Waals surface area contributed by atoms with Crippen molar-refractivity contribution in [1.29, 1.82) is 0 Å². The van der Waals surface area contributed by atoms with E-state index in [2.05, 4.69) is 6.07 Å². The highest BCUT2D eigenvalue weighted by Gasteiger charge is 2.54. The summed E-state index contributed by atoms with van der Waals surface area (Å²) >= 11 is 0. The van der Waals surface area contributed by atoms with E-state index in [9.17, 15) is 9.59 Å². The molecule has 0 N–H and O–H groups in total. The van der Waals surface area contributed by atoms with Crippen molar-refractivity contribution in [3.63, 3.8) is 0 Å². The van der Waals surface area contributed by atoms with Crippen molar-refractivity contribution in [3.8, 4) is 0 Å². The van der Waals surface area contributed by atoms with Gasteiger partial charge in [-0.1, -0.05) is 24.3 Å². The average Bonchev–Trinajstić information content (AvgIpc) is 2.73. The molecule has 1 saturated heterocycles. The summed E-state index contributed by atoms with van der Waals surface area (Å²) in [6, 6.07) is 8.30. The Morgan fingerprint density at radius 3 is 2.73 bits per heavy atom. The van der Waals surface area contributed by atoms with Crippen LogP contribution in [0.5, 0.6) is 0 Å². The molecule has 1 aromatic rings. The van der Waals surface area contributed by atoms with Crippen LogP contribution in [0.25, 0.3) is 0 Å². The molecule has 1 aliphatic carbocycles. The van der Waals surface area contributed by atoms with E-state index in [0.29, 0.717) is 13.0 Å². The molecular weight excluding hydrogens is 276 g/mol. The lowest BCUT2D eigenvalue weighted by atomic mass is 9.69. The van der Waals surface area contributed by atoms with Gasteiger partial charge in [-0.05, 0) is 51.4 Å². The summed E-state index contributed by atoms with van der Waals surface area (Å²) in [6.07, 6.45) is 3.12. The van der Waals surface area contributed by atoms with Crippen LogP contribution < -0.4 is 0 Å². The number of carbonyl (C=O) groups excluding carboxylic acids is 2. The smallest absolute Gasteiger partial charge is 0.240 e. The van der Waals surface area contributed by atoms with Crippen molar-refractivity contribution < 1.29 is 9.59 Å². The number of nitrogens with zero attached hydrogens (tertiary/aromatic N) is 2. The van der Waals surface area contributed by atoms with Crippen molar-refractivity contribution in [2.75, 3.05) is 20.6 Å². The number of likely N-dealkylation sites (tertiary alicyclic amines) is 1. The highest BCUT2D eigenvalue weighted by molar-refractivity contribution is 6.09. The molecule has 0 bridgehead atoms. The molecule has 2 atom stereocenters. The van der Waals surface area contributed by atoms with Gasteiger partial charge in [0.05, 0.1) is 5.41 Å². The zero-order valence-corrected chi connectivity index (χ0v) is 13.6. The fourth-order valence-corrected chi connectivity index (χ4v) is 3.74. The zero-order chi connectivity index (χ0) is 15.9. The third-order valence-electron chi connectivity index (χ3n) is 5.32. The van der Waals surface area contributed by atoms with Gasteiger partial charge >= 0.3 is 0 Å². The third-order valence-corrected chi connectivity index (χ3v) is 5.32. The van der Waals surface area contributed by atoms with Crippen molar-refractivity contribution >= 4 is 11.8 Å². The number of fused-ring (bicyclic) bond motifs is 2. The van der Waals surface area contributed by atoms with E-state index >= 15 is 0 Å². The normalized spacial score (nSPS) is 25.9. The van der Waals surface area contributed by atoms with E-state index in [-0.39, 0.29) is 17.9 Å². The van der Waals surface area contributed by atoms with Gasteiger partial charge in [0.25, 0.3) is 0 Å². The van der Waals surface area contributed by atoms with Gasteiger partial charge in [-0.3, -0.25) is 14.5 Å². The van der Waals surface area contributed by atoms with Crippen LogP contribution in [-0.4, -0.2) is 48.3 Å². The molecule has 1 heterocycles. The molecule has 0 saturated carbocycles. The number of carbonyl (C=O) groups is 2. The second kappa shape index (κ2) is 5.51. The summed E-state index contributed by atoms with van der Waals surface area (Å²) in [5.74, 6) is -0.00578.